The van der Waals surface area contributed by atoms with Gasteiger partial charge >= 0.3 is 0 Å². The molecule has 0 radical (unpaired) electrons. The smallest absolute Gasteiger partial charge is 0.261 e. The molecule has 0 aliphatic carbocycles. The Morgan fingerprint density at radius 1 is 1.27 bits per heavy atom. The molecule has 10 heteroatoms. The van der Waals surface area contributed by atoms with Crippen molar-refractivity contribution < 1.29 is 14.6 Å². The minimum Gasteiger partial charge on any atom is -0.395 e. The number of carbonyl (C=O) groups is 1. The first kappa shape index (κ1) is 18.9. The van der Waals surface area contributed by atoms with Crippen LogP contribution in [0.15, 0.2) is 30.5 Å². The Labute approximate surface area is 175 Å². The molecule has 1 saturated heterocycles. The van der Waals surface area contributed by atoms with Crippen LogP contribution in [-0.4, -0.2) is 70.6 Å². The van der Waals surface area contributed by atoms with Crippen LogP contribution < -0.4 is 10.2 Å². The van der Waals surface area contributed by atoms with Crippen molar-refractivity contribution in [2.75, 3.05) is 44.4 Å². The predicted molar refractivity (Wildman–Crippen MR) is 115 cm³/mol. The number of nitrogens with one attached hydrogen (secondary N) is 2. The fourth-order valence-corrected chi connectivity index (χ4v) is 4.52. The first-order valence-electron chi connectivity index (χ1n) is 9.70. The third kappa shape index (κ3) is 3.38. The normalized spacial score (nSPS) is 14.5. The number of rotatable bonds is 5. The first-order chi connectivity index (χ1) is 14.7. The number of carbonyl (C=O) groups excluding carboxylic acids is 1. The van der Waals surface area contributed by atoms with Gasteiger partial charge in [0.25, 0.3) is 5.91 Å². The van der Waals surface area contributed by atoms with Crippen LogP contribution in [0.2, 0.25) is 0 Å². The van der Waals surface area contributed by atoms with Crippen molar-refractivity contribution in [2.24, 2.45) is 0 Å². The first-order valence-corrected chi connectivity index (χ1v) is 10.5. The van der Waals surface area contributed by atoms with Crippen LogP contribution in [-0.2, 0) is 4.74 Å². The highest BCUT2D eigenvalue weighted by molar-refractivity contribution is 7.20. The number of aromatic nitrogens is 4. The fourth-order valence-electron chi connectivity index (χ4n) is 3.57. The van der Waals surface area contributed by atoms with Crippen molar-refractivity contribution in [1.82, 2.24) is 25.5 Å². The number of H-pyrrole nitrogens is 1. The Balaban J connectivity index is 1.66. The molecule has 3 aromatic heterocycles. The van der Waals surface area contributed by atoms with E-state index in [1.165, 1.54) is 11.3 Å². The van der Waals surface area contributed by atoms with Gasteiger partial charge in [0.05, 0.1) is 41.8 Å². The topological polar surface area (TPSA) is 116 Å². The Hall–Kier alpha value is -3.08. The highest BCUT2D eigenvalue weighted by Gasteiger charge is 2.22. The van der Waals surface area contributed by atoms with Crippen LogP contribution in [0.3, 0.4) is 0 Å². The number of amides is 1. The molecule has 0 spiro atoms. The van der Waals surface area contributed by atoms with Crippen LogP contribution in [0.1, 0.15) is 9.67 Å². The van der Waals surface area contributed by atoms with Crippen LogP contribution in [0.4, 0.5) is 5.82 Å². The number of thiophene rings is 1. The average molecular weight is 424 g/mol. The minimum absolute atomic E-state index is 0.103. The summed E-state index contributed by atoms with van der Waals surface area (Å²) in [4.78, 5) is 25.6. The summed E-state index contributed by atoms with van der Waals surface area (Å²) < 4.78 is 5.50. The zero-order chi connectivity index (χ0) is 20.5. The number of morpholine rings is 1. The number of aromatic amines is 1. The van der Waals surface area contributed by atoms with E-state index in [1.54, 1.807) is 6.20 Å². The second-order valence-corrected chi connectivity index (χ2v) is 7.95. The maximum absolute atomic E-state index is 12.4. The Bertz CT molecular complexity index is 1210. The number of hydrogen-bond acceptors (Lipinski definition) is 8. The molecule has 3 N–H and O–H groups in total. The lowest BCUT2D eigenvalue weighted by Crippen LogP contribution is -2.37. The van der Waals surface area contributed by atoms with Crippen molar-refractivity contribution in [3.05, 3.63) is 35.3 Å². The third-order valence-corrected chi connectivity index (χ3v) is 6.06. The van der Waals surface area contributed by atoms with Crippen molar-refractivity contribution in [3.8, 4) is 11.4 Å². The largest absolute Gasteiger partial charge is 0.395 e. The molecule has 0 unspecified atom stereocenters. The van der Waals surface area contributed by atoms with E-state index in [1.807, 2.05) is 24.3 Å². The summed E-state index contributed by atoms with van der Waals surface area (Å²) in [5, 5.41) is 20.6. The van der Waals surface area contributed by atoms with E-state index in [-0.39, 0.29) is 19.1 Å². The molecular weight excluding hydrogens is 404 g/mol. The molecule has 1 fully saturated rings. The van der Waals surface area contributed by atoms with Crippen LogP contribution in [0, 0.1) is 0 Å². The molecule has 4 aromatic rings. The number of aliphatic hydroxyl groups excluding tert-OH is 1. The van der Waals surface area contributed by atoms with Crippen LogP contribution in [0.5, 0.6) is 0 Å². The van der Waals surface area contributed by atoms with Crippen molar-refractivity contribution >= 4 is 44.2 Å². The number of hydrogen-bond donors (Lipinski definition) is 3. The second kappa shape index (κ2) is 7.98. The third-order valence-electron chi connectivity index (χ3n) is 5.03. The summed E-state index contributed by atoms with van der Waals surface area (Å²) in [6, 6.07) is 7.71. The van der Waals surface area contributed by atoms with Crippen molar-refractivity contribution in [3.63, 3.8) is 0 Å². The fraction of sp³-hybridized carbons (Fsp3) is 0.300. The summed E-state index contributed by atoms with van der Waals surface area (Å²) in [5.41, 5.74) is 1.80. The number of nitrogens with zero attached hydrogens (tertiary/aromatic N) is 4. The summed E-state index contributed by atoms with van der Waals surface area (Å²) >= 11 is 1.32. The second-order valence-electron chi connectivity index (χ2n) is 6.92. The van der Waals surface area contributed by atoms with E-state index in [2.05, 4.69) is 20.4 Å². The van der Waals surface area contributed by atoms with E-state index in [4.69, 9.17) is 19.8 Å². The Morgan fingerprint density at radius 2 is 2.13 bits per heavy atom. The van der Waals surface area contributed by atoms with E-state index in [0.29, 0.717) is 23.9 Å². The predicted octanol–water partition coefficient (Wildman–Crippen LogP) is 1.79. The summed E-state index contributed by atoms with van der Waals surface area (Å²) in [6.45, 7) is 2.82. The van der Waals surface area contributed by atoms with Gasteiger partial charge in [-0.15, -0.1) is 11.3 Å². The molecule has 1 aliphatic rings. The number of benzene rings is 1. The van der Waals surface area contributed by atoms with E-state index in [9.17, 15) is 4.79 Å². The van der Waals surface area contributed by atoms with Gasteiger partial charge in [0.1, 0.15) is 10.6 Å². The summed E-state index contributed by atoms with van der Waals surface area (Å²) in [5.74, 6) is 1.18. The lowest BCUT2D eigenvalue weighted by molar-refractivity contribution is 0.0949. The Kier molecular flexibility index (Phi) is 5.03. The molecule has 0 atom stereocenters. The van der Waals surface area contributed by atoms with Gasteiger partial charge in [-0.3, -0.25) is 9.89 Å². The van der Waals surface area contributed by atoms with Gasteiger partial charge in [0.15, 0.2) is 5.82 Å². The summed E-state index contributed by atoms with van der Waals surface area (Å²) in [6.07, 6.45) is 1.77. The molecule has 1 aliphatic heterocycles. The van der Waals surface area contributed by atoms with Gasteiger partial charge in [-0.2, -0.15) is 5.10 Å². The zero-order valence-electron chi connectivity index (χ0n) is 16.1. The highest BCUT2D eigenvalue weighted by Crippen LogP contribution is 2.35. The molecule has 0 bridgehead atoms. The van der Waals surface area contributed by atoms with Crippen molar-refractivity contribution in [2.45, 2.75) is 0 Å². The van der Waals surface area contributed by atoms with Gasteiger partial charge in [0.2, 0.25) is 0 Å². The average Bonchev–Trinajstić information content (AvgIpc) is 3.44. The minimum atomic E-state index is -0.224. The molecule has 1 aromatic carbocycles. The number of aliphatic hydroxyl groups is 1. The molecule has 9 nitrogen and oxygen atoms in total. The molecular formula is C20H20N6O3S. The van der Waals surface area contributed by atoms with Gasteiger partial charge in [-0.1, -0.05) is 12.1 Å². The van der Waals surface area contributed by atoms with Crippen LogP contribution in [0.25, 0.3) is 32.5 Å². The van der Waals surface area contributed by atoms with Gasteiger partial charge in [-0.05, 0) is 12.1 Å². The van der Waals surface area contributed by atoms with Gasteiger partial charge < -0.3 is 20.1 Å². The Morgan fingerprint density at radius 3 is 2.97 bits per heavy atom. The molecule has 30 heavy (non-hydrogen) atoms. The zero-order valence-corrected chi connectivity index (χ0v) is 16.9. The van der Waals surface area contributed by atoms with Crippen LogP contribution >= 0.6 is 11.3 Å². The summed E-state index contributed by atoms with van der Waals surface area (Å²) in [7, 11) is 0. The molecule has 0 saturated carbocycles. The van der Waals surface area contributed by atoms with Gasteiger partial charge in [-0.25, -0.2) is 9.97 Å². The maximum atomic E-state index is 12.4. The van der Waals surface area contributed by atoms with E-state index >= 15 is 0 Å². The molecule has 5 rings (SSSR count). The van der Waals surface area contributed by atoms with E-state index < -0.39 is 0 Å². The standard InChI is InChI=1S/C20H20N6O3S/c27-7-4-21-19(28)16-10-13-18(26-5-8-29-9-6-26)23-17(24-20(13)30-16)12-2-1-3-15-14(12)11-22-25-15/h1-3,10-11,27H,4-9H2,(H,21,28)(H,22,25). The van der Waals surface area contributed by atoms with Crippen molar-refractivity contribution in [1.29, 1.82) is 0 Å². The van der Waals surface area contributed by atoms with E-state index in [0.717, 1.165) is 45.6 Å². The maximum Gasteiger partial charge on any atom is 0.261 e. The van der Waals surface area contributed by atoms with Gasteiger partial charge in [0, 0.05) is 30.6 Å². The lowest BCUT2D eigenvalue weighted by Gasteiger charge is -2.28. The SMILES string of the molecule is O=C(NCCO)c1cc2c(N3CCOCC3)nc(-c3cccc4[nH]ncc34)nc2s1. The number of anilines is 1. The quantitative estimate of drug-likeness (QED) is 0.447. The lowest BCUT2D eigenvalue weighted by atomic mass is 10.1. The highest BCUT2D eigenvalue weighted by atomic mass is 32.1. The monoisotopic (exact) mass is 424 g/mol. The molecule has 4 heterocycles. The number of ether oxygens (including phenoxy) is 1. The molecule has 154 valence electrons. The molecule has 1 amide bonds. The number of fused-ring (bicyclic) bond motifs is 2.